The highest BCUT2D eigenvalue weighted by molar-refractivity contribution is 6.33. The number of amides is 1. The quantitative estimate of drug-likeness (QED) is 0.770. The number of methoxy groups -OCH3 is 1. The molecule has 1 saturated carbocycles. The Morgan fingerprint density at radius 1 is 1.33 bits per heavy atom. The van der Waals surface area contributed by atoms with E-state index in [4.69, 9.17) is 26.6 Å². The minimum atomic E-state index is -0.126. The lowest BCUT2D eigenvalue weighted by Gasteiger charge is -2.31. The Labute approximate surface area is 168 Å². The number of benzene rings is 1. The van der Waals surface area contributed by atoms with Crippen molar-refractivity contribution in [3.05, 3.63) is 34.4 Å². The number of piperidine rings is 1. The standard InChI is InChI=1S/C18H21ClN4O3.ClH/c1-25-15-8-14(20)13(19)7-12(15)18(24)23-6-2-3-11(9-23)16-21-17(26-22-16)10-4-5-10;/h7-8,10-11H,2-6,9,20H2,1H3;1H. The zero-order chi connectivity index (χ0) is 18.3. The van der Waals surface area contributed by atoms with Crippen LogP contribution < -0.4 is 10.5 Å². The number of nitrogens with two attached hydrogens (primary N) is 1. The third kappa shape index (κ3) is 3.99. The summed E-state index contributed by atoms with van der Waals surface area (Å²) >= 11 is 6.10. The van der Waals surface area contributed by atoms with E-state index >= 15 is 0 Å². The molecule has 0 spiro atoms. The first-order valence-electron chi connectivity index (χ1n) is 8.82. The zero-order valence-electron chi connectivity index (χ0n) is 15.0. The molecule has 4 rings (SSSR count). The number of ether oxygens (including phenoxy) is 1. The molecule has 2 aliphatic rings. The van der Waals surface area contributed by atoms with E-state index in [2.05, 4.69) is 10.1 Å². The van der Waals surface area contributed by atoms with Crippen LogP contribution in [0.1, 0.15) is 59.6 Å². The van der Waals surface area contributed by atoms with Crippen molar-refractivity contribution in [2.24, 2.45) is 0 Å². The summed E-state index contributed by atoms with van der Waals surface area (Å²) < 4.78 is 10.7. The molecule has 2 aromatic rings. The van der Waals surface area contributed by atoms with Crippen LogP contribution in [0.25, 0.3) is 0 Å². The Balaban J connectivity index is 0.00000210. The SMILES string of the molecule is COc1cc(N)c(Cl)cc1C(=O)N1CCCC(c2noc(C3CC3)n2)C1.Cl. The number of anilines is 1. The molecule has 7 nitrogen and oxygen atoms in total. The van der Waals surface area contributed by atoms with Gasteiger partial charge in [0.1, 0.15) is 5.75 Å². The van der Waals surface area contributed by atoms with Crippen molar-refractivity contribution in [2.45, 2.75) is 37.5 Å². The van der Waals surface area contributed by atoms with Gasteiger partial charge >= 0.3 is 0 Å². The van der Waals surface area contributed by atoms with E-state index in [0.717, 1.165) is 31.6 Å². The largest absolute Gasteiger partial charge is 0.496 e. The molecule has 1 aliphatic heterocycles. The molecular weight excluding hydrogens is 391 g/mol. The number of nitrogens with zero attached hydrogens (tertiary/aromatic N) is 3. The molecule has 1 aromatic carbocycles. The number of carbonyl (C=O) groups is 1. The van der Waals surface area contributed by atoms with E-state index in [1.54, 1.807) is 17.0 Å². The van der Waals surface area contributed by atoms with Gasteiger partial charge in [0.2, 0.25) is 5.89 Å². The predicted molar refractivity (Wildman–Crippen MR) is 104 cm³/mol. The van der Waals surface area contributed by atoms with Crippen molar-refractivity contribution in [1.82, 2.24) is 15.0 Å². The molecule has 1 unspecified atom stereocenters. The maximum atomic E-state index is 13.0. The second-order valence-electron chi connectivity index (χ2n) is 6.93. The number of rotatable bonds is 4. The van der Waals surface area contributed by atoms with Crippen molar-refractivity contribution in [3.63, 3.8) is 0 Å². The van der Waals surface area contributed by atoms with Crippen molar-refractivity contribution in [3.8, 4) is 5.75 Å². The molecule has 0 bridgehead atoms. The molecule has 1 aliphatic carbocycles. The average molecular weight is 413 g/mol. The fraction of sp³-hybridized carbons (Fsp3) is 0.500. The van der Waals surface area contributed by atoms with Crippen molar-refractivity contribution >= 4 is 35.6 Å². The minimum Gasteiger partial charge on any atom is -0.496 e. The number of hydrogen-bond acceptors (Lipinski definition) is 6. The monoisotopic (exact) mass is 412 g/mol. The van der Waals surface area contributed by atoms with Crippen LogP contribution in [-0.2, 0) is 0 Å². The first kappa shape index (κ1) is 19.8. The van der Waals surface area contributed by atoms with Gasteiger partial charge in [0.25, 0.3) is 5.91 Å². The van der Waals surface area contributed by atoms with Gasteiger partial charge in [-0.3, -0.25) is 4.79 Å². The highest BCUT2D eigenvalue weighted by Crippen LogP contribution is 2.40. The summed E-state index contributed by atoms with van der Waals surface area (Å²) in [4.78, 5) is 19.4. The number of aromatic nitrogens is 2. The summed E-state index contributed by atoms with van der Waals surface area (Å²) in [6, 6.07) is 3.15. The Morgan fingerprint density at radius 3 is 2.81 bits per heavy atom. The molecule has 2 N–H and O–H groups in total. The molecule has 2 heterocycles. The lowest BCUT2D eigenvalue weighted by Crippen LogP contribution is -2.39. The fourth-order valence-electron chi connectivity index (χ4n) is 3.36. The maximum absolute atomic E-state index is 13.0. The summed E-state index contributed by atoms with van der Waals surface area (Å²) in [5.41, 5.74) is 6.61. The van der Waals surface area contributed by atoms with Gasteiger partial charge in [-0.05, 0) is 31.7 Å². The highest BCUT2D eigenvalue weighted by Gasteiger charge is 2.33. The minimum absolute atomic E-state index is 0. The molecule has 2 fully saturated rings. The summed E-state index contributed by atoms with van der Waals surface area (Å²) in [5, 5.41) is 4.48. The van der Waals surface area contributed by atoms with Crippen LogP contribution in [0.15, 0.2) is 16.7 Å². The maximum Gasteiger partial charge on any atom is 0.257 e. The predicted octanol–water partition coefficient (Wildman–Crippen LogP) is 3.63. The van der Waals surface area contributed by atoms with Crippen LogP contribution >= 0.6 is 24.0 Å². The first-order chi connectivity index (χ1) is 12.6. The summed E-state index contributed by atoms with van der Waals surface area (Å²) in [5.74, 6) is 2.24. The van der Waals surface area contributed by atoms with Crippen molar-refractivity contribution < 1.29 is 14.1 Å². The van der Waals surface area contributed by atoms with E-state index < -0.39 is 0 Å². The fourth-order valence-corrected chi connectivity index (χ4v) is 3.52. The molecule has 0 radical (unpaired) electrons. The molecule has 146 valence electrons. The second-order valence-corrected chi connectivity index (χ2v) is 7.34. The topological polar surface area (TPSA) is 94.5 Å². The number of halogens is 2. The smallest absolute Gasteiger partial charge is 0.257 e. The molecule has 1 amide bonds. The number of nitrogen functional groups attached to an aromatic ring is 1. The van der Waals surface area contributed by atoms with Gasteiger partial charge in [-0.2, -0.15) is 4.98 Å². The van der Waals surface area contributed by atoms with Crippen LogP contribution in [-0.4, -0.2) is 41.1 Å². The molecule has 1 atom stereocenters. The molecule has 1 saturated heterocycles. The van der Waals surface area contributed by atoms with E-state index in [-0.39, 0.29) is 24.2 Å². The second kappa shape index (κ2) is 7.94. The Morgan fingerprint density at radius 2 is 2.11 bits per heavy atom. The van der Waals surface area contributed by atoms with Gasteiger partial charge in [-0.1, -0.05) is 16.8 Å². The number of carbonyl (C=O) groups excluding carboxylic acids is 1. The van der Waals surface area contributed by atoms with Crippen LogP contribution in [0.3, 0.4) is 0 Å². The van der Waals surface area contributed by atoms with Gasteiger partial charge in [-0.25, -0.2) is 0 Å². The van der Waals surface area contributed by atoms with Gasteiger partial charge in [-0.15, -0.1) is 12.4 Å². The average Bonchev–Trinajstić information content (AvgIpc) is 3.40. The van der Waals surface area contributed by atoms with Gasteiger partial charge in [0.15, 0.2) is 5.82 Å². The van der Waals surface area contributed by atoms with E-state index in [9.17, 15) is 4.79 Å². The third-order valence-electron chi connectivity index (χ3n) is 5.01. The number of likely N-dealkylation sites (tertiary alicyclic amines) is 1. The Kier molecular flexibility index (Phi) is 5.81. The highest BCUT2D eigenvalue weighted by atomic mass is 35.5. The number of hydrogen-bond donors (Lipinski definition) is 1. The van der Waals surface area contributed by atoms with Crippen molar-refractivity contribution in [2.75, 3.05) is 25.9 Å². The van der Waals surface area contributed by atoms with Crippen molar-refractivity contribution in [1.29, 1.82) is 0 Å². The van der Waals surface area contributed by atoms with Crippen LogP contribution in [0.5, 0.6) is 5.75 Å². The summed E-state index contributed by atoms with van der Waals surface area (Å²) in [6.07, 6.45) is 4.06. The first-order valence-corrected chi connectivity index (χ1v) is 9.20. The van der Waals surface area contributed by atoms with E-state index in [1.165, 1.54) is 7.11 Å². The van der Waals surface area contributed by atoms with Crippen LogP contribution in [0, 0.1) is 0 Å². The Hall–Kier alpha value is -1.99. The molecular formula is C18H22Cl2N4O3. The summed E-state index contributed by atoms with van der Waals surface area (Å²) in [6.45, 7) is 1.22. The summed E-state index contributed by atoms with van der Waals surface area (Å²) in [7, 11) is 1.51. The van der Waals surface area contributed by atoms with Crippen LogP contribution in [0.4, 0.5) is 5.69 Å². The lowest BCUT2D eigenvalue weighted by molar-refractivity contribution is 0.0700. The van der Waals surface area contributed by atoms with E-state index in [1.807, 2.05) is 0 Å². The van der Waals surface area contributed by atoms with Crippen LogP contribution in [0.2, 0.25) is 5.02 Å². The van der Waals surface area contributed by atoms with E-state index in [0.29, 0.717) is 46.9 Å². The normalized spacial score (nSPS) is 19.5. The lowest BCUT2D eigenvalue weighted by atomic mass is 9.96. The van der Waals surface area contributed by atoms with Gasteiger partial charge in [0.05, 0.1) is 23.4 Å². The third-order valence-corrected chi connectivity index (χ3v) is 5.33. The Bertz CT molecular complexity index is 838. The molecule has 27 heavy (non-hydrogen) atoms. The molecule has 1 aromatic heterocycles. The van der Waals surface area contributed by atoms with Gasteiger partial charge in [0, 0.05) is 31.0 Å². The van der Waals surface area contributed by atoms with Gasteiger partial charge < -0.3 is 19.9 Å². The molecule has 9 heteroatoms. The zero-order valence-corrected chi connectivity index (χ0v) is 16.6.